The van der Waals surface area contributed by atoms with Crippen molar-refractivity contribution in [3.05, 3.63) is 92.7 Å². The highest BCUT2D eigenvalue weighted by atomic mass is 35.5. The molecule has 1 saturated carbocycles. The molecule has 1 aliphatic carbocycles. The van der Waals surface area contributed by atoms with Crippen molar-refractivity contribution in [1.29, 1.82) is 0 Å². The highest BCUT2D eigenvalue weighted by Crippen LogP contribution is 2.49. The Labute approximate surface area is 195 Å². The predicted molar refractivity (Wildman–Crippen MR) is 121 cm³/mol. The summed E-state index contributed by atoms with van der Waals surface area (Å²) in [6.45, 7) is -0.487. The van der Waals surface area contributed by atoms with Crippen LogP contribution in [0.2, 0.25) is 10.0 Å². The fourth-order valence-corrected chi connectivity index (χ4v) is 4.55. The molecule has 0 aliphatic heterocycles. The maximum atomic E-state index is 13.4. The fourth-order valence-electron chi connectivity index (χ4n) is 3.95. The standard InChI is InChI=1S/C25H21Cl2FO4/c26-21-11-18(32-13-24(30)31)12-22(27)19(21)9-14-1-8-23(29)20(10-14)25(15-2-3-15)16-4-6-17(28)7-5-16/h1,4-8,10-12,15,25,29H,2-3,9,13H2,(H,30,31). The molecule has 32 heavy (non-hydrogen) atoms. The van der Waals surface area contributed by atoms with Gasteiger partial charge in [-0.2, -0.15) is 0 Å². The molecule has 3 aromatic carbocycles. The summed E-state index contributed by atoms with van der Waals surface area (Å²) in [5.74, 6) is -0.523. The number of hydrogen-bond donors (Lipinski definition) is 2. The zero-order valence-corrected chi connectivity index (χ0v) is 18.5. The third-order valence-electron chi connectivity index (χ3n) is 5.61. The van der Waals surface area contributed by atoms with Crippen molar-refractivity contribution in [2.75, 3.05) is 6.61 Å². The molecule has 1 atom stereocenters. The van der Waals surface area contributed by atoms with Gasteiger partial charge in [0.25, 0.3) is 0 Å². The van der Waals surface area contributed by atoms with Crippen LogP contribution in [0.15, 0.2) is 54.6 Å². The summed E-state index contributed by atoms with van der Waals surface area (Å²) < 4.78 is 18.6. The van der Waals surface area contributed by atoms with E-state index in [0.717, 1.165) is 29.5 Å². The highest BCUT2D eigenvalue weighted by Gasteiger charge is 2.35. The third-order valence-corrected chi connectivity index (χ3v) is 6.28. The number of aromatic hydroxyl groups is 1. The number of benzene rings is 3. The van der Waals surface area contributed by atoms with E-state index in [9.17, 15) is 14.3 Å². The molecular formula is C25H21Cl2FO4. The summed E-state index contributed by atoms with van der Waals surface area (Å²) in [6, 6.07) is 14.9. The molecule has 4 rings (SSSR count). The fraction of sp³-hybridized carbons (Fsp3) is 0.240. The second-order valence-corrected chi connectivity index (χ2v) is 8.80. The Morgan fingerprint density at radius 3 is 2.31 bits per heavy atom. The smallest absolute Gasteiger partial charge is 0.341 e. The van der Waals surface area contributed by atoms with Crippen LogP contribution in [0.4, 0.5) is 4.39 Å². The van der Waals surface area contributed by atoms with Gasteiger partial charge >= 0.3 is 5.97 Å². The highest BCUT2D eigenvalue weighted by molar-refractivity contribution is 6.36. The van der Waals surface area contributed by atoms with Crippen LogP contribution < -0.4 is 4.74 Å². The molecule has 0 bridgehead atoms. The Bertz CT molecular complexity index is 1120. The van der Waals surface area contributed by atoms with Gasteiger partial charge in [-0.15, -0.1) is 0 Å². The van der Waals surface area contributed by atoms with Crippen LogP contribution in [-0.2, 0) is 11.2 Å². The Hall–Kier alpha value is -2.76. The van der Waals surface area contributed by atoms with E-state index in [2.05, 4.69) is 0 Å². The molecular weight excluding hydrogens is 454 g/mol. The van der Waals surface area contributed by atoms with Crippen LogP contribution in [-0.4, -0.2) is 22.8 Å². The lowest BCUT2D eigenvalue weighted by Crippen LogP contribution is -2.09. The first kappa shape index (κ1) is 22.4. The monoisotopic (exact) mass is 474 g/mol. The number of rotatable bonds is 8. The number of ether oxygens (including phenoxy) is 1. The minimum Gasteiger partial charge on any atom is -0.508 e. The number of aliphatic carboxylic acids is 1. The minimum absolute atomic E-state index is 0.0201. The Balaban J connectivity index is 1.63. The lowest BCUT2D eigenvalue weighted by atomic mass is 9.85. The van der Waals surface area contributed by atoms with Crippen molar-refractivity contribution in [3.8, 4) is 11.5 Å². The van der Waals surface area contributed by atoms with Crippen molar-refractivity contribution < 1.29 is 24.1 Å². The van der Waals surface area contributed by atoms with E-state index >= 15 is 0 Å². The first-order valence-electron chi connectivity index (χ1n) is 10.2. The molecule has 166 valence electrons. The molecule has 0 spiro atoms. The molecule has 0 saturated heterocycles. The maximum absolute atomic E-state index is 13.4. The summed E-state index contributed by atoms with van der Waals surface area (Å²) in [4.78, 5) is 10.7. The molecule has 0 amide bonds. The Morgan fingerprint density at radius 1 is 1.06 bits per heavy atom. The molecule has 0 heterocycles. The molecule has 7 heteroatoms. The second kappa shape index (κ2) is 9.39. The number of halogens is 3. The van der Waals surface area contributed by atoms with Gasteiger partial charge in [0.1, 0.15) is 17.3 Å². The summed E-state index contributed by atoms with van der Waals surface area (Å²) >= 11 is 12.8. The minimum atomic E-state index is -1.09. The lowest BCUT2D eigenvalue weighted by Gasteiger charge is -2.20. The van der Waals surface area contributed by atoms with Gasteiger partial charge in [0.05, 0.1) is 0 Å². The largest absolute Gasteiger partial charge is 0.508 e. The third kappa shape index (κ3) is 5.17. The molecule has 0 radical (unpaired) electrons. The van der Waals surface area contributed by atoms with Gasteiger partial charge in [-0.1, -0.05) is 47.5 Å². The molecule has 1 unspecified atom stereocenters. The maximum Gasteiger partial charge on any atom is 0.341 e. The number of carboxylic acids is 1. The average Bonchev–Trinajstić information content (AvgIpc) is 3.58. The van der Waals surface area contributed by atoms with E-state index in [1.807, 2.05) is 12.1 Å². The summed E-state index contributed by atoms with van der Waals surface area (Å²) in [5.41, 5.74) is 3.36. The first-order valence-corrected chi connectivity index (χ1v) is 11.0. The van der Waals surface area contributed by atoms with Crippen LogP contribution in [0.3, 0.4) is 0 Å². The summed E-state index contributed by atoms with van der Waals surface area (Å²) in [7, 11) is 0. The van der Waals surface area contributed by atoms with Crippen LogP contribution >= 0.6 is 23.2 Å². The van der Waals surface area contributed by atoms with Gasteiger partial charge in [0.2, 0.25) is 0 Å². The van der Waals surface area contributed by atoms with Crippen LogP contribution in [0.25, 0.3) is 0 Å². The molecule has 0 aromatic heterocycles. The van der Waals surface area contributed by atoms with Crippen LogP contribution in [0.1, 0.15) is 41.0 Å². The van der Waals surface area contributed by atoms with Crippen LogP contribution in [0, 0.1) is 11.7 Å². The zero-order valence-electron chi connectivity index (χ0n) is 17.0. The number of hydrogen-bond acceptors (Lipinski definition) is 3. The van der Waals surface area contributed by atoms with E-state index in [4.69, 9.17) is 33.0 Å². The van der Waals surface area contributed by atoms with E-state index < -0.39 is 12.6 Å². The molecule has 3 aromatic rings. The second-order valence-electron chi connectivity index (χ2n) is 7.98. The Morgan fingerprint density at radius 2 is 1.72 bits per heavy atom. The van der Waals surface area contributed by atoms with Crippen molar-refractivity contribution in [2.24, 2.45) is 5.92 Å². The van der Waals surface area contributed by atoms with Gasteiger partial charge in [-0.3, -0.25) is 0 Å². The Kier molecular flexibility index (Phi) is 6.58. The van der Waals surface area contributed by atoms with Gasteiger partial charge in [0, 0.05) is 27.9 Å². The van der Waals surface area contributed by atoms with Crippen LogP contribution in [0.5, 0.6) is 11.5 Å². The quantitative estimate of drug-likeness (QED) is 0.394. The van der Waals surface area contributed by atoms with E-state index in [1.165, 1.54) is 12.1 Å². The number of carbonyl (C=O) groups is 1. The summed E-state index contributed by atoms with van der Waals surface area (Å²) in [5, 5.41) is 20.1. The van der Waals surface area contributed by atoms with Crippen molar-refractivity contribution in [3.63, 3.8) is 0 Å². The van der Waals surface area contributed by atoms with Crippen molar-refractivity contribution >= 4 is 29.2 Å². The average molecular weight is 475 g/mol. The summed E-state index contributed by atoms with van der Waals surface area (Å²) in [6.07, 6.45) is 2.54. The van der Waals surface area contributed by atoms with E-state index in [-0.39, 0.29) is 23.2 Å². The van der Waals surface area contributed by atoms with Gasteiger partial charge in [0.15, 0.2) is 6.61 Å². The molecule has 1 aliphatic rings. The molecule has 1 fully saturated rings. The predicted octanol–water partition coefficient (Wildman–Crippen LogP) is 6.43. The number of carboxylic acid groups (broad SMARTS) is 1. The number of phenols is 1. The van der Waals surface area contributed by atoms with Gasteiger partial charge < -0.3 is 14.9 Å². The molecule has 2 N–H and O–H groups in total. The van der Waals surface area contributed by atoms with E-state index in [0.29, 0.717) is 27.9 Å². The van der Waals surface area contributed by atoms with Crippen molar-refractivity contribution in [2.45, 2.75) is 25.2 Å². The first-order chi connectivity index (χ1) is 15.3. The normalized spacial score (nSPS) is 14.2. The van der Waals surface area contributed by atoms with Crippen molar-refractivity contribution in [1.82, 2.24) is 0 Å². The van der Waals surface area contributed by atoms with Gasteiger partial charge in [-0.25, -0.2) is 9.18 Å². The zero-order chi connectivity index (χ0) is 22.8. The van der Waals surface area contributed by atoms with Gasteiger partial charge in [-0.05, 0) is 65.8 Å². The molecule has 4 nitrogen and oxygen atoms in total. The van der Waals surface area contributed by atoms with E-state index in [1.54, 1.807) is 30.3 Å². The topological polar surface area (TPSA) is 66.8 Å². The lowest BCUT2D eigenvalue weighted by molar-refractivity contribution is -0.139. The SMILES string of the molecule is O=C(O)COc1cc(Cl)c(Cc2ccc(O)c(C(c3ccc(F)cc3)C3CC3)c2)c(Cl)c1. The number of phenolic OH excluding ortho intramolecular Hbond substituents is 1.